The first kappa shape index (κ1) is 21.5. The Morgan fingerprint density at radius 1 is 1.11 bits per heavy atom. The van der Waals surface area contributed by atoms with Crippen molar-refractivity contribution in [2.24, 2.45) is 11.0 Å². The van der Waals surface area contributed by atoms with Crippen molar-refractivity contribution in [3.05, 3.63) is 57.1 Å². The van der Waals surface area contributed by atoms with Crippen molar-refractivity contribution in [3.63, 3.8) is 0 Å². The second kappa shape index (κ2) is 8.95. The Morgan fingerprint density at radius 2 is 1.74 bits per heavy atom. The lowest BCUT2D eigenvalue weighted by Crippen LogP contribution is -2.18. The summed E-state index contributed by atoms with van der Waals surface area (Å²) in [6, 6.07) is 8.10. The van der Waals surface area contributed by atoms with Gasteiger partial charge in [-0.15, -0.1) is 0 Å². The van der Waals surface area contributed by atoms with Gasteiger partial charge in [-0.3, -0.25) is 0 Å². The van der Waals surface area contributed by atoms with Crippen molar-refractivity contribution < 1.29 is 13.2 Å². The third-order valence-electron chi connectivity index (χ3n) is 3.76. The van der Waals surface area contributed by atoms with E-state index in [9.17, 15) is 8.42 Å². The van der Waals surface area contributed by atoms with Crippen LogP contribution < -0.4 is 9.57 Å². The number of ether oxygens (including phenoxy) is 1. The zero-order valence-electron chi connectivity index (χ0n) is 15.6. The molecule has 0 aromatic heterocycles. The van der Waals surface area contributed by atoms with Gasteiger partial charge < -0.3 is 4.74 Å². The van der Waals surface area contributed by atoms with E-state index in [-0.39, 0.29) is 4.90 Å². The SMILES string of the molecule is Cc1ccc(S(=O)(=O)N/N=C/c2cc(Cl)c(OCC(C)C)c(Cl)c2)cc1C. The molecule has 0 bridgehead atoms. The quantitative estimate of drug-likeness (QED) is 0.500. The van der Waals surface area contributed by atoms with Crippen LogP contribution in [0.15, 0.2) is 40.3 Å². The zero-order valence-corrected chi connectivity index (χ0v) is 17.9. The van der Waals surface area contributed by atoms with Gasteiger partial charge in [0.05, 0.1) is 27.8 Å². The Kier molecular flexibility index (Phi) is 7.14. The van der Waals surface area contributed by atoms with Gasteiger partial charge in [0.2, 0.25) is 0 Å². The van der Waals surface area contributed by atoms with E-state index in [0.717, 1.165) is 11.1 Å². The molecule has 27 heavy (non-hydrogen) atoms. The summed E-state index contributed by atoms with van der Waals surface area (Å²) in [7, 11) is -3.75. The summed E-state index contributed by atoms with van der Waals surface area (Å²) in [5.41, 5.74) is 2.45. The number of hydrogen-bond donors (Lipinski definition) is 1. The summed E-state index contributed by atoms with van der Waals surface area (Å²) in [5.74, 6) is 0.734. The molecule has 0 saturated heterocycles. The number of aryl methyl sites for hydroxylation is 2. The molecule has 0 amide bonds. The topological polar surface area (TPSA) is 67.8 Å². The van der Waals surface area contributed by atoms with Crippen LogP contribution in [0.1, 0.15) is 30.5 Å². The van der Waals surface area contributed by atoms with Crippen molar-refractivity contribution in [1.29, 1.82) is 0 Å². The maximum absolute atomic E-state index is 12.3. The normalized spacial score (nSPS) is 12.0. The number of halogens is 2. The van der Waals surface area contributed by atoms with Gasteiger partial charge in [0.15, 0.2) is 5.75 Å². The monoisotopic (exact) mass is 428 g/mol. The zero-order chi connectivity index (χ0) is 20.2. The van der Waals surface area contributed by atoms with E-state index >= 15 is 0 Å². The van der Waals surface area contributed by atoms with Gasteiger partial charge in [0.1, 0.15) is 0 Å². The highest BCUT2D eigenvalue weighted by Crippen LogP contribution is 2.34. The van der Waals surface area contributed by atoms with Crippen LogP contribution >= 0.6 is 23.2 Å². The highest BCUT2D eigenvalue weighted by atomic mass is 35.5. The largest absolute Gasteiger partial charge is 0.490 e. The minimum Gasteiger partial charge on any atom is -0.490 e. The molecule has 0 fully saturated rings. The summed E-state index contributed by atoms with van der Waals surface area (Å²) in [5, 5.41) is 4.48. The fraction of sp³-hybridized carbons (Fsp3) is 0.316. The molecule has 2 aromatic rings. The van der Waals surface area contributed by atoms with E-state index in [1.165, 1.54) is 12.3 Å². The second-order valence-electron chi connectivity index (χ2n) is 6.62. The molecule has 8 heteroatoms. The van der Waals surface area contributed by atoms with E-state index in [0.29, 0.717) is 33.9 Å². The van der Waals surface area contributed by atoms with Crippen molar-refractivity contribution in [1.82, 2.24) is 4.83 Å². The van der Waals surface area contributed by atoms with Gasteiger partial charge in [-0.2, -0.15) is 13.5 Å². The van der Waals surface area contributed by atoms with Gasteiger partial charge in [-0.05, 0) is 60.7 Å². The number of sulfonamides is 1. The Balaban J connectivity index is 2.14. The Hall–Kier alpha value is -1.76. The number of hydrogen-bond acceptors (Lipinski definition) is 4. The number of rotatable bonds is 7. The Bertz CT molecular complexity index is 934. The first-order valence-corrected chi connectivity index (χ1v) is 10.6. The van der Waals surface area contributed by atoms with E-state index < -0.39 is 10.0 Å². The van der Waals surface area contributed by atoms with Gasteiger partial charge >= 0.3 is 0 Å². The molecule has 0 heterocycles. The summed E-state index contributed by atoms with van der Waals surface area (Å²) in [6.45, 7) is 8.29. The molecule has 0 saturated carbocycles. The smallest absolute Gasteiger partial charge is 0.276 e. The highest BCUT2D eigenvalue weighted by Gasteiger charge is 2.14. The molecule has 0 aliphatic heterocycles. The predicted molar refractivity (Wildman–Crippen MR) is 111 cm³/mol. The van der Waals surface area contributed by atoms with Crippen LogP contribution in [0.4, 0.5) is 0 Å². The van der Waals surface area contributed by atoms with Crippen molar-refractivity contribution in [2.45, 2.75) is 32.6 Å². The maximum atomic E-state index is 12.3. The molecule has 0 unspecified atom stereocenters. The first-order valence-electron chi connectivity index (χ1n) is 8.34. The summed E-state index contributed by atoms with van der Waals surface area (Å²) in [4.78, 5) is 2.34. The highest BCUT2D eigenvalue weighted by molar-refractivity contribution is 7.89. The van der Waals surface area contributed by atoms with Crippen LogP contribution in [0.25, 0.3) is 0 Å². The molecule has 2 aromatic carbocycles. The minimum absolute atomic E-state index is 0.149. The van der Waals surface area contributed by atoms with Gasteiger partial charge in [0.25, 0.3) is 10.0 Å². The van der Waals surface area contributed by atoms with Crippen molar-refractivity contribution in [2.75, 3.05) is 6.61 Å². The van der Waals surface area contributed by atoms with Crippen molar-refractivity contribution >= 4 is 39.4 Å². The molecular formula is C19H22Cl2N2O3S. The van der Waals surface area contributed by atoms with E-state index in [4.69, 9.17) is 27.9 Å². The molecule has 0 radical (unpaired) electrons. The molecule has 1 N–H and O–H groups in total. The van der Waals surface area contributed by atoms with E-state index in [1.54, 1.807) is 24.3 Å². The lowest BCUT2D eigenvalue weighted by molar-refractivity contribution is 0.271. The molecule has 5 nitrogen and oxygen atoms in total. The first-order chi connectivity index (χ1) is 12.6. The third-order valence-corrected chi connectivity index (χ3v) is 5.54. The number of benzene rings is 2. The van der Waals surface area contributed by atoms with Crippen LogP contribution in [0.5, 0.6) is 5.75 Å². The van der Waals surface area contributed by atoms with E-state index in [2.05, 4.69) is 9.93 Å². The fourth-order valence-corrected chi connectivity index (χ4v) is 3.64. The number of nitrogens with one attached hydrogen (secondary N) is 1. The Labute approximate surface area is 170 Å². The molecule has 2 rings (SSSR count). The molecule has 0 spiro atoms. The Morgan fingerprint density at radius 3 is 2.30 bits per heavy atom. The van der Waals surface area contributed by atoms with Crippen molar-refractivity contribution in [3.8, 4) is 5.75 Å². The van der Waals surface area contributed by atoms with Crippen LogP contribution in [0.2, 0.25) is 10.0 Å². The molecular weight excluding hydrogens is 407 g/mol. The fourth-order valence-electron chi connectivity index (χ4n) is 2.15. The van der Waals surface area contributed by atoms with Crippen LogP contribution in [-0.4, -0.2) is 21.2 Å². The van der Waals surface area contributed by atoms with Crippen LogP contribution in [0, 0.1) is 19.8 Å². The lowest BCUT2D eigenvalue weighted by Gasteiger charge is -2.12. The second-order valence-corrected chi connectivity index (χ2v) is 9.09. The third kappa shape index (κ3) is 5.86. The molecule has 0 atom stereocenters. The van der Waals surface area contributed by atoms with Gasteiger partial charge in [-0.25, -0.2) is 4.83 Å². The molecule has 0 aliphatic rings. The van der Waals surface area contributed by atoms with Crippen LogP contribution in [-0.2, 0) is 10.0 Å². The van der Waals surface area contributed by atoms with Gasteiger partial charge in [-0.1, -0.05) is 43.1 Å². The van der Waals surface area contributed by atoms with Crippen LogP contribution in [0.3, 0.4) is 0 Å². The van der Waals surface area contributed by atoms with E-state index in [1.807, 2.05) is 27.7 Å². The minimum atomic E-state index is -3.75. The summed E-state index contributed by atoms with van der Waals surface area (Å²) in [6.07, 6.45) is 1.34. The number of nitrogens with zero attached hydrogens (tertiary/aromatic N) is 1. The standard InChI is InChI=1S/C19H22Cl2N2O3S/c1-12(2)11-26-19-17(20)8-15(9-18(19)21)10-22-23-27(24,25)16-6-5-13(3)14(4)7-16/h5-10,12,23H,11H2,1-4H3/b22-10+. The molecule has 146 valence electrons. The average Bonchev–Trinajstić information content (AvgIpc) is 2.56. The summed E-state index contributed by atoms with van der Waals surface area (Å²) >= 11 is 12.4. The summed E-state index contributed by atoms with van der Waals surface area (Å²) < 4.78 is 30.3. The van der Waals surface area contributed by atoms with Gasteiger partial charge in [0, 0.05) is 0 Å². The average molecular weight is 429 g/mol. The number of hydrazone groups is 1. The maximum Gasteiger partial charge on any atom is 0.276 e. The lowest BCUT2D eigenvalue weighted by atomic mass is 10.1. The predicted octanol–water partition coefficient (Wildman–Crippen LogP) is 4.96. The molecule has 0 aliphatic carbocycles.